The molecule has 1 unspecified atom stereocenters. The molecule has 41 heavy (non-hydrogen) atoms. The van der Waals surface area contributed by atoms with Crippen LogP contribution in [0.2, 0.25) is 10.0 Å². The van der Waals surface area contributed by atoms with Gasteiger partial charge in [-0.15, -0.1) is 0 Å². The lowest BCUT2D eigenvalue weighted by Gasteiger charge is -2.33. The summed E-state index contributed by atoms with van der Waals surface area (Å²) in [5.41, 5.74) is 2.67. The van der Waals surface area contributed by atoms with Crippen molar-refractivity contribution < 1.29 is 18.0 Å². The van der Waals surface area contributed by atoms with Crippen molar-refractivity contribution in [2.45, 2.75) is 58.5 Å². The molecule has 10 heteroatoms. The van der Waals surface area contributed by atoms with Gasteiger partial charge in [-0.25, -0.2) is 8.42 Å². The van der Waals surface area contributed by atoms with Gasteiger partial charge >= 0.3 is 0 Å². The first-order valence-electron chi connectivity index (χ1n) is 13.5. The number of amides is 2. The Balaban J connectivity index is 2.07. The smallest absolute Gasteiger partial charge is 0.264 e. The lowest BCUT2D eigenvalue weighted by atomic mass is 10.1. The highest BCUT2D eigenvalue weighted by Crippen LogP contribution is 2.29. The van der Waals surface area contributed by atoms with Gasteiger partial charge in [0, 0.05) is 23.1 Å². The molecule has 1 atom stereocenters. The van der Waals surface area contributed by atoms with Crippen LogP contribution in [0.15, 0.2) is 71.6 Å². The Labute approximate surface area is 253 Å². The minimum Gasteiger partial charge on any atom is -0.354 e. The van der Waals surface area contributed by atoms with Crippen molar-refractivity contribution in [3.63, 3.8) is 0 Å². The number of halogens is 2. The third kappa shape index (κ3) is 8.24. The molecule has 0 spiro atoms. The zero-order valence-electron chi connectivity index (χ0n) is 24.0. The van der Waals surface area contributed by atoms with Crippen LogP contribution in [0, 0.1) is 12.8 Å². The Morgan fingerprint density at radius 1 is 0.927 bits per heavy atom. The van der Waals surface area contributed by atoms with Crippen LogP contribution in [0.4, 0.5) is 5.69 Å². The van der Waals surface area contributed by atoms with Crippen molar-refractivity contribution in [2.75, 3.05) is 17.4 Å². The fourth-order valence-corrected chi connectivity index (χ4v) is 6.19. The highest BCUT2D eigenvalue weighted by molar-refractivity contribution is 7.92. The lowest BCUT2D eigenvalue weighted by Crippen LogP contribution is -2.51. The summed E-state index contributed by atoms with van der Waals surface area (Å²) in [5.74, 6) is -0.689. The molecule has 0 bridgehead atoms. The summed E-state index contributed by atoms with van der Waals surface area (Å²) in [6, 6.07) is 17.6. The summed E-state index contributed by atoms with van der Waals surface area (Å²) in [6.07, 6.45) is 0.558. The molecule has 0 saturated carbocycles. The predicted molar refractivity (Wildman–Crippen MR) is 166 cm³/mol. The van der Waals surface area contributed by atoms with E-state index in [1.54, 1.807) is 49.4 Å². The summed E-state index contributed by atoms with van der Waals surface area (Å²) in [5, 5.41) is 3.65. The summed E-state index contributed by atoms with van der Waals surface area (Å²) in [7, 11) is -4.14. The number of benzene rings is 3. The maximum Gasteiger partial charge on any atom is 0.264 e. The summed E-state index contributed by atoms with van der Waals surface area (Å²) in [4.78, 5) is 28.7. The third-order valence-electron chi connectivity index (χ3n) is 6.74. The third-order valence-corrected chi connectivity index (χ3v) is 9.10. The first kappa shape index (κ1) is 32.4. The van der Waals surface area contributed by atoms with E-state index in [1.165, 1.54) is 17.0 Å². The van der Waals surface area contributed by atoms with Gasteiger partial charge in [0.05, 0.1) is 10.6 Å². The van der Waals surface area contributed by atoms with E-state index in [1.807, 2.05) is 39.8 Å². The SMILES string of the molecule is CCc1ccccc1N(CC(=O)N(Cc1ccc(Cl)cc1Cl)C(C)C(=O)NCC(C)C)S(=O)(=O)c1ccc(C)cc1. The first-order chi connectivity index (χ1) is 19.3. The molecule has 0 aliphatic heterocycles. The number of hydrogen-bond donors (Lipinski definition) is 1. The van der Waals surface area contributed by atoms with Crippen LogP contribution in [0.25, 0.3) is 0 Å². The Morgan fingerprint density at radius 2 is 1.59 bits per heavy atom. The van der Waals surface area contributed by atoms with Crippen molar-refractivity contribution in [3.8, 4) is 0 Å². The molecule has 0 aliphatic rings. The fourth-order valence-electron chi connectivity index (χ4n) is 4.27. The number of nitrogens with one attached hydrogen (secondary N) is 1. The molecule has 0 heterocycles. The van der Waals surface area contributed by atoms with Crippen LogP contribution in [0.3, 0.4) is 0 Å². The summed E-state index contributed by atoms with van der Waals surface area (Å²) in [6.45, 7) is 9.27. The molecule has 1 N–H and O–H groups in total. The van der Waals surface area contributed by atoms with Gasteiger partial charge in [0.15, 0.2) is 0 Å². The van der Waals surface area contributed by atoms with Crippen LogP contribution < -0.4 is 9.62 Å². The maximum absolute atomic E-state index is 14.1. The van der Waals surface area contributed by atoms with Gasteiger partial charge in [-0.2, -0.15) is 0 Å². The number of nitrogens with zero attached hydrogens (tertiary/aromatic N) is 2. The summed E-state index contributed by atoms with van der Waals surface area (Å²) >= 11 is 12.5. The molecule has 3 aromatic carbocycles. The van der Waals surface area contributed by atoms with Crippen molar-refractivity contribution in [1.29, 1.82) is 0 Å². The van der Waals surface area contributed by atoms with Crippen LogP contribution in [-0.2, 0) is 32.6 Å². The highest BCUT2D eigenvalue weighted by Gasteiger charge is 2.33. The second-order valence-electron chi connectivity index (χ2n) is 10.4. The van der Waals surface area contributed by atoms with E-state index in [0.717, 1.165) is 15.4 Å². The van der Waals surface area contributed by atoms with E-state index in [9.17, 15) is 18.0 Å². The molecular weight excluding hydrogens is 581 g/mol. The van der Waals surface area contributed by atoms with E-state index in [0.29, 0.717) is 34.3 Å². The second-order valence-corrected chi connectivity index (χ2v) is 13.1. The molecule has 3 aromatic rings. The fraction of sp³-hybridized carbons (Fsp3) is 0.355. The van der Waals surface area contributed by atoms with Crippen LogP contribution in [0.1, 0.15) is 44.4 Å². The molecule has 0 aliphatic carbocycles. The molecular formula is C31H37Cl2N3O4S. The molecule has 3 rings (SSSR count). The van der Waals surface area contributed by atoms with Gasteiger partial charge in [0.2, 0.25) is 11.8 Å². The molecule has 220 valence electrons. The number of aryl methyl sites for hydroxylation is 2. The minimum atomic E-state index is -4.14. The van der Waals surface area contributed by atoms with E-state index in [-0.39, 0.29) is 23.3 Å². The number of carbonyl (C=O) groups excluding carboxylic acids is 2. The number of para-hydroxylation sites is 1. The molecule has 0 aromatic heterocycles. The van der Waals surface area contributed by atoms with Gasteiger partial charge in [-0.3, -0.25) is 13.9 Å². The lowest BCUT2D eigenvalue weighted by molar-refractivity contribution is -0.139. The van der Waals surface area contributed by atoms with Gasteiger partial charge in [-0.05, 0) is 67.6 Å². The van der Waals surface area contributed by atoms with Crippen LogP contribution in [0.5, 0.6) is 0 Å². The number of sulfonamides is 1. The normalized spacial score (nSPS) is 12.2. The van der Waals surface area contributed by atoms with Crippen LogP contribution >= 0.6 is 23.2 Å². The number of hydrogen-bond acceptors (Lipinski definition) is 4. The summed E-state index contributed by atoms with van der Waals surface area (Å²) < 4.78 is 29.2. The highest BCUT2D eigenvalue weighted by atomic mass is 35.5. The zero-order valence-corrected chi connectivity index (χ0v) is 26.4. The Morgan fingerprint density at radius 3 is 2.20 bits per heavy atom. The molecule has 0 radical (unpaired) electrons. The van der Waals surface area contributed by atoms with Gasteiger partial charge in [-0.1, -0.05) is 85.9 Å². The Hall–Kier alpha value is -3.07. The molecule has 2 amide bonds. The monoisotopic (exact) mass is 617 g/mol. The average Bonchev–Trinajstić information content (AvgIpc) is 2.93. The van der Waals surface area contributed by atoms with Crippen molar-refractivity contribution in [2.24, 2.45) is 5.92 Å². The Bertz CT molecular complexity index is 1480. The topological polar surface area (TPSA) is 86.8 Å². The first-order valence-corrected chi connectivity index (χ1v) is 15.7. The van der Waals surface area contributed by atoms with E-state index in [2.05, 4.69) is 5.32 Å². The van der Waals surface area contributed by atoms with Gasteiger partial charge < -0.3 is 10.2 Å². The van der Waals surface area contributed by atoms with Crippen molar-refractivity contribution >= 4 is 50.7 Å². The number of carbonyl (C=O) groups is 2. The predicted octanol–water partition coefficient (Wildman–Crippen LogP) is 6.25. The van der Waals surface area contributed by atoms with E-state index in [4.69, 9.17) is 23.2 Å². The zero-order chi connectivity index (χ0) is 30.3. The van der Waals surface area contributed by atoms with Gasteiger partial charge in [0.1, 0.15) is 12.6 Å². The van der Waals surface area contributed by atoms with Crippen LogP contribution in [-0.4, -0.2) is 44.3 Å². The minimum absolute atomic E-state index is 0.0149. The second kappa shape index (κ2) is 14.2. The van der Waals surface area contributed by atoms with Crippen molar-refractivity contribution in [3.05, 3.63) is 93.5 Å². The standard InChI is InChI=1S/C31H37Cl2N3O4S/c1-6-24-9-7-8-10-29(24)36(41(39,40)27-15-11-22(4)12-16-27)20-30(37)35(23(5)31(38)34-18-21(2)3)19-25-13-14-26(32)17-28(25)33/h7-17,21,23H,6,18-20H2,1-5H3,(H,34,38). The van der Waals surface area contributed by atoms with E-state index < -0.39 is 28.5 Å². The van der Waals surface area contributed by atoms with Crippen molar-refractivity contribution in [1.82, 2.24) is 10.2 Å². The largest absolute Gasteiger partial charge is 0.354 e. The number of rotatable bonds is 12. The van der Waals surface area contributed by atoms with E-state index >= 15 is 0 Å². The quantitative estimate of drug-likeness (QED) is 0.260. The molecule has 0 fully saturated rings. The molecule has 0 saturated heterocycles. The average molecular weight is 619 g/mol. The Kier molecular flexibility index (Phi) is 11.2. The van der Waals surface area contributed by atoms with Gasteiger partial charge in [0.25, 0.3) is 10.0 Å². The number of anilines is 1. The molecule has 7 nitrogen and oxygen atoms in total. The maximum atomic E-state index is 14.1.